The smallest absolute Gasteiger partial charge is 0.422 e. The Morgan fingerprint density at radius 1 is 1.12 bits per heavy atom. The average molecular weight is 455 g/mol. The Kier molecular flexibility index (Phi) is 8.49. The Morgan fingerprint density at radius 2 is 1.94 bits per heavy atom. The number of aryl methyl sites for hydroxylation is 1. The molecule has 10 heteroatoms. The number of unbranched alkanes of at least 4 members (excludes halogenated alkanes) is 2. The predicted octanol–water partition coefficient (Wildman–Crippen LogP) is 3.93. The zero-order valence-corrected chi connectivity index (χ0v) is 18.1. The van der Waals surface area contributed by atoms with Crippen LogP contribution in [0.5, 0.6) is 11.8 Å². The number of halogens is 3. The molecule has 0 fully saturated rings. The number of ketones is 1. The van der Waals surface area contributed by atoms with E-state index in [-0.39, 0.29) is 18.3 Å². The topological polar surface area (TPSA) is 77.7 Å². The van der Waals surface area contributed by atoms with Crippen LogP contribution in [0.25, 0.3) is 0 Å². The Balaban J connectivity index is 1.31. The quantitative estimate of drug-likeness (QED) is 0.475. The van der Waals surface area contributed by atoms with E-state index in [4.69, 9.17) is 14.0 Å². The molecule has 3 rings (SSSR count). The summed E-state index contributed by atoms with van der Waals surface area (Å²) in [5.74, 6) is 1.01. The molecule has 2 aromatic rings. The van der Waals surface area contributed by atoms with Crippen molar-refractivity contribution in [1.82, 2.24) is 15.0 Å². The lowest BCUT2D eigenvalue weighted by molar-refractivity contribution is -0.154. The van der Waals surface area contributed by atoms with E-state index < -0.39 is 12.8 Å². The highest BCUT2D eigenvalue weighted by atomic mass is 19.4. The minimum Gasteiger partial charge on any atom is -0.468 e. The van der Waals surface area contributed by atoms with E-state index >= 15 is 0 Å². The Labute approximate surface area is 184 Å². The van der Waals surface area contributed by atoms with Crippen molar-refractivity contribution < 1.29 is 32.0 Å². The summed E-state index contributed by atoms with van der Waals surface area (Å²) in [6.07, 6.45) is 0.281. The van der Waals surface area contributed by atoms with Gasteiger partial charge in [-0.05, 0) is 43.5 Å². The zero-order valence-electron chi connectivity index (χ0n) is 18.1. The Morgan fingerprint density at radius 3 is 2.69 bits per heavy atom. The lowest BCUT2D eigenvalue weighted by Crippen LogP contribution is -2.27. The molecular weight excluding hydrogens is 427 g/mol. The van der Waals surface area contributed by atoms with Crippen molar-refractivity contribution in [3.63, 3.8) is 0 Å². The van der Waals surface area contributed by atoms with Crippen molar-refractivity contribution in [2.24, 2.45) is 0 Å². The Bertz CT molecular complexity index is 886. The molecule has 3 heterocycles. The lowest BCUT2D eigenvalue weighted by atomic mass is 10.1. The molecule has 7 nitrogen and oxygen atoms in total. The van der Waals surface area contributed by atoms with Crippen LogP contribution >= 0.6 is 0 Å². The van der Waals surface area contributed by atoms with Crippen LogP contribution in [-0.2, 0) is 17.6 Å². The molecule has 0 atom stereocenters. The standard InChI is InChI=1S/C22H28F3N3O4/c1-16-13-21(27-32-16)30-14-18(29)5-3-2-4-10-28-11-8-17-6-7-20(26-19(17)9-12-28)31-15-22(23,24)25/h6-7,13H,2-5,8-12,14-15H2,1H3. The van der Waals surface area contributed by atoms with Gasteiger partial charge in [-0.1, -0.05) is 12.5 Å². The number of carbonyl (C=O) groups excluding carboxylic acids is 1. The van der Waals surface area contributed by atoms with E-state index in [9.17, 15) is 18.0 Å². The summed E-state index contributed by atoms with van der Waals surface area (Å²) in [4.78, 5) is 18.5. The van der Waals surface area contributed by atoms with E-state index in [2.05, 4.69) is 15.0 Å². The number of alkyl halides is 3. The molecule has 0 amide bonds. The van der Waals surface area contributed by atoms with Gasteiger partial charge in [0, 0.05) is 43.8 Å². The third-order valence-electron chi connectivity index (χ3n) is 5.21. The van der Waals surface area contributed by atoms with Crippen LogP contribution in [0.2, 0.25) is 0 Å². The van der Waals surface area contributed by atoms with E-state index in [0.717, 1.165) is 56.6 Å². The van der Waals surface area contributed by atoms with Crippen LogP contribution < -0.4 is 9.47 Å². The van der Waals surface area contributed by atoms with Gasteiger partial charge in [0.2, 0.25) is 5.88 Å². The molecule has 0 aliphatic carbocycles. The summed E-state index contributed by atoms with van der Waals surface area (Å²) in [6.45, 7) is 3.01. The number of hydrogen-bond donors (Lipinski definition) is 0. The third-order valence-corrected chi connectivity index (χ3v) is 5.21. The van der Waals surface area contributed by atoms with Crippen LogP contribution in [0.15, 0.2) is 22.7 Å². The number of rotatable bonds is 11. The average Bonchev–Trinajstić information content (AvgIpc) is 3.06. The number of nitrogens with zero attached hydrogens (tertiary/aromatic N) is 3. The largest absolute Gasteiger partial charge is 0.468 e. The maximum absolute atomic E-state index is 12.3. The van der Waals surface area contributed by atoms with Gasteiger partial charge in [-0.15, -0.1) is 0 Å². The molecule has 2 aromatic heterocycles. The van der Waals surface area contributed by atoms with Gasteiger partial charge in [0.05, 0.1) is 0 Å². The number of ether oxygens (including phenoxy) is 2. The van der Waals surface area contributed by atoms with Crippen LogP contribution in [0.3, 0.4) is 0 Å². The number of pyridine rings is 1. The third kappa shape index (κ3) is 8.14. The first kappa shape index (κ1) is 24.0. The van der Waals surface area contributed by atoms with Gasteiger partial charge < -0.3 is 18.9 Å². The molecule has 0 N–H and O–H groups in total. The molecule has 32 heavy (non-hydrogen) atoms. The van der Waals surface area contributed by atoms with Gasteiger partial charge >= 0.3 is 6.18 Å². The molecule has 0 aromatic carbocycles. The van der Waals surface area contributed by atoms with Gasteiger partial charge in [0.1, 0.15) is 12.4 Å². The number of hydrogen-bond acceptors (Lipinski definition) is 7. The van der Waals surface area contributed by atoms with Crippen molar-refractivity contribution in [3.8, 4) is 11.8 Å². The maximum Gasteiger partial charge on any atom is 0.422 e. The summed E-state index contributed by atoms with van der Waals surface area (Å²) in [5, 5.41) is 3.68. The molecule has 1 aliphatic rings. The molecular formula is C22H28F3N3O4. The molecule has 0 bridgehead atoms. The fourth-order valence-electron chi connectivity index (χ4n) is 3.54. The van der Waals surface area contributed by atoms with E-state index in [0.29, 0.717) is 24.5 Å². The first-order chi connectivity index (χ1) is 15.3. The molecule has 0 unspecified atom stereocenters. The SMILES string of the molecule is Cc1cc(OCC(=O)CCCCCN2CCc3ccc(OCC(F)(F)F)nc3CC2)no1. The minimum absolute atomic E-state index is 0.00195. The molecule has 176 valence electrons. The normalized spacial score (nSPS) is 14.6. The lowest BCUT2D eigenvalue weighted by Gasteiger charge is -2.19. The minimum atomic E-state index is -4.38. The predicted molar refractivity (Wildman–Crippen MR) is 110 cm³/mol. The summed E-state index contributed by atoms with van der Waals surface area (Å²) in [6, 6.07) is 4.95. The first-order valence-electron chi connectivity index (χ1n) is 10.8. The van der Waals surface area contributed by atoms with Gasteiger partial charge in [-0.2, -0.15) is 13.2 Å². The second kappa shape index (κ2) is 11.3. The van der Waals surface area contributed by atoms with Crippen LogP contribution in [-0.4, -0.2) is 59.8 Å². The van der Waals surface area contributed by atoms with Crippen LogP contribution in [0, 0.1) is 6.92 Å². The van der Waals surface area contributed by atoms with Crippen molar-refractivity contribution in [1.29, 1.82) is 0 Å². The summed E-state index contributed by atoms with van der Waals surface area (Å²) < 4.78 is 51.9. The molecule has 1 aliphatic heterocycles. The van der Waals surface area contributed by atoms with Gasteiger partial charge in [-0.3, -0.25) is 4.79 Å². The van der Waals surface area contributed by atoms with Gasteiger partial charge in [0.15, 0.2) is 12.4 Å². The van der Waals surface area contributed by atoms with Crippen LogP contribution in [0.1, 0.15) is 42.7 Å². The second-order valence-corrected chi connectivity index (χ2v) is 7.91. The zero-order chi connectivity index (χ0) is 23.0. The maximum atomic E-state index is 12.3. The van der Waals surface area contributed by atoms with Gasteiger partial charge in [0.25, 0.3) is 5.88 Å². The molecule has 0 spiro atoms. The molecule has 0 radical (unpaired) electrons. The summed E-state index contributed by atoms with van der Waals surface area (Å²) in [5.41, 5.74) is 1.86. The van der Waals surface area contributed by atoms with Gasteiger partial charge in [-0.25, -0.2) is 4.98 Å². The highest BCUT2D eigenvalue weighted by molar-refractivity contribution is 5.79. The van der Waals surface area contributed by atoms with Crippen molar-refractivity contribution in [3.05, 3.63) is 35.2 Å². The number of Topliss-reactive ketones (excluding diaryl/α,β-unsaturated/α-hetero) is 1. The second-order valence-electron chi connectivity index (χ2n) is 7.91. The highest BCUT2D eigenvalue weighted by Crippen LogP contribution is 2.21. The molecule has 0 saturated heterocycles. The highest BCUT2D eigenvalue weighted by Gasteiger charge is 2.28. The van der Waals surface area contributed by atoms with E-state index in [1.54, 1.807) is 13.0 Å². The number of fused-ring (bicyclic) bond motifs is 1. The number of aromatic nitrogens is 2. The Hall–Kier alpha value is -2.62. The summed E-state index contributed by atoms with van der Waals surface area (Å²) in [7, 11) is 0. The molecule has 0 saturated carbocycles. The van der Waals surface area contributed by atoms with Crippen LogP contribution in [0.4, 0.5) is 13.2 Å². The summed E-state index contributed by atoms with van der Waals surface area (Å²) >= 11 is 0. The fraction of sp³-hybridized carbons (Fsp3) is 0.591. The monoisotopic (exact) mass is 455 g/mol. The fourth-order valence-corrected chi connectivity index (χ4v) is 3.54. The van der Waals surface area contributed by atoms with Crippen molar-refractivity contribution >= 4 is 5.78 Å². The van der Waals surface area contributed by atoms with E-state index in [1.807, 2.05) is 6.07 Å². The van der Waals surface area contributed by atoms with E-state index in [1.165, 1.54) is 6.07 Å². The number of carbonyl (C=O) groups is 1. The van der Waals surface area contributed by atoms with Crippen molar-refractivity contribution in [2.75, 3.05) is 32.8 Å². The van der Waals surface area contributed by atoms with Crippen molar-refractivity contribution in [2.45, 2.75) is 51.6 Å². The first-order valence-corrected chi connectivity index (χ1v) is 10.8.